The summed E-state index contributed by atoms with van der Waals surface area (Å²) in [6, 6.07) is 0. The van der Waals surface area contributed by atoms with Gasteiger partial charge in [-0.05, 0) is 12.8 Å². The van der Waals surface area contributed by atoms with Crippen LogP contribution in [0.5, 0.6) is 0 Å². The Morgan fingerprint density at radius 3 is 2.47 bits per heavy atom. The van der Waals surface area contributed by atoms with Crippen molar-refractivity contribution >= 4 is 16.0 Å². The third-order valence-electron chi connectivity index (χ3n) is 2.61. The zero-order valence-electron chi connectivity index (χ0n) is 11.5. The molecule has 0 aliphatic carbocycles. The Balaban J connectivity index is 3.33. The largest absolute Gasteiger partial charge is 0.476 e. The number of H-pyrrole nitrogens is 1. The highest BCUT2D eigenvalue weighted by molar-refractivity contribution is 7.89. The first kappa shape index (κ1) is 15.6. The van der Waals surface area contributed by atoms with Gasteiger partial charge in [0.25, 0.3) is 0 Å². The van der Waals surface area contributed by atoms with E-state index in [4.69, 9.17) is 5.11 Å². The molecule has 0 saturated carbocycles. The average molecular weight is 289 g/mol. The van der Waals surface area contributed by atoms with Crippen LogP contribution >= 0.6 is 0 Å². The van der Waals surface area contributed by atoms with E-state index in [9.17, 15) is 13.2 Å². The number of nitrogens with zero attached hydrogens (tertiary/aromatic N) is 2. The summed E-state index contributed by atoms with van der Waals surface area (Å²) < 4.78 is 26.3. The monoisotopic (exact) mass is 289 g/mol. The van der Waals surface area contributed by atoms with E-state index in [0.29, 0.717) is 6.54 Å². The normalized spacial score (nSPS) is 12.3. The number of aryl methyl sites for hydroxylation is 1. The number of hydrogen-bond acceptors (Lipinski definition) is 4. The van der Waals surface area contributed by atoms with Crippen molar-refractivity contribution in [1.29, 1.82) is 0 Å². The second kappa shape index (κ2) is 5.70. The molecule has 0 saturated heterocycles. The molecule has 0 aromatic carbocycles. The number of aromatic nitrogens is 2. The fourth-order valence-corrected chi connectivity index (χ4v) is 3.72. The van der Waals surface area contributed by atoms with Crippen LogP contribution in [-0.4, -0.2) is 47.1 Å². The van der Waals surface area contributed by atoms with Crippen molar-refractivity contribution in [3.8, 4) is 0 Å². The first-order chi connectivity index (χ1) is 8.71. The Bertz CT molecular complexity index is 562. The molecule has 0 spiro atoms. The molecule has 0 radical (unpaired) electrons. The molecule has 1 aromatic rings. The van der Waals surface area contributed by atoms with Gasteiger partial charge in [0.15, 0.2) is 5.69 Å². The minimum Gasteiger partial charge on any atom is -0.476 e. The molecule has 0 bridgehead atoms. The first-order valence-corrected chi connectivity index (χ1v) is 7.44. The summed E-state index contributed by atoms with van der Waals surface area (Å²) in [7, 11) is -3.85. The fraction of sp³-hybridized carbons (Fsp3) is 0.636. The first-order valence-electron chi connectivity index (χ1n) is 6.00. The predicted octanol–water partition coefficient (Wildman–Crippen LogP) is 1.08. The van der Waals surface area contributed by atoms with Gasteiger partial charge in [0.2, 0.25) is 10.0 Å². The number of hydrogen-bond donors (Lipinski definition) is 2. The summed E-state index contributed by atoms with van der Waals surface area (Å²) in [5.74, 6) is -1.21. The van der Waals surface area contributed by atoms with Crippen LogP contribution in [0.3, 0.4) is 0 Å². The van der Waals surface area contributed by atoms with Crippen molar-refractivity contribution in [2.75, 3.05) is 13.1 Å². The van der Waals surface area contributed by atoms with Crippen molar-refractivity contribution in [2.45, 2.75) is 32.6 Å². The molecule has 0 atom stereocenters. The van der Waals surface area contributed by atoms with Crippen LogP contribution in [-0.2, 0) is 10.0 Å². The molecule has 1 rings (SSSR count). The number of sulfonamides is 1. The Hall–Kier alpha value is -1.41. The Labute approximate surface area is 112 Å². The minimum absolute atomic E-state index is 0.148. The lowest BCUT2D eigenvalue weighted by Gasteiger charge is -2.22. The number of aromatic amines is 1. The van der Waals surface area contributed by atoms with Gasteiger partial charge in [-0.25, -0.2) is 13.2 Å². The van der Waals surface area contributed by atoms with E-state index < -0.39 is 21.7 Å². The van der Waals surface area contributed by atoms with Gasteiger partial charge in [0.1, 0.15) is 4.90 Å². The van der Waals surface area contributed by atoms with Crippen LogP contribution in [0.25, 0.3) is 0 Å². The summed E-state index contributed by atoms with van der Waals surface area (Å²) >= 11 is 0. The Morgan fingerprint density at radius 1 is 1.47 bits per heavy atom. The second-order valence-corrected chi connectivity index (χ2v) is 6.56. The lowest BCUT2D eigenvalue weighted by atomic mass is 10.2. The van der Waals surface area contributed by atoms with Crippen molar-refractivity contribution in [3.63, 3.8) is 0 Å². The van der Waals surface area contributed by atoms with Gasteiger partial charge in [-0.3, -0.25) is 5.10 Å². The van der Waals surface area contributed by atoms with Crippen LogP contribution in [0.4, 0.5) is 0 Å². The molecular weight excluding hydrogens is 270 g/mol. The van der Waals surface area contributed by atoms with Crippen molar-refractivity contribution < 1.29 is 18.3 Å². The van der Waals surface area contributed by atoms with Crippen LogP contribution in [0, 0.1) is 12.8 Å². The molecule has 1 aromatic heterocycles. The van der Waals surface area contributed by atoms with Gasteiger partial charge >= 0.3 is 5.97 Å². The zero-order valence-corrected chi connectivity index (χ0v) is 12.3. The second-order valence-electron chi connectivity index (χ2n) is 4.68. The molecule has 2 N–H and O–H groups in total. The van der Waals surface area contributed by atoms with Gasteiger partial charge in [0.05, 0.1) is 5.69 Å². The van der Waals surface area contributed by atoms with E-state index in [1.54, 1.807) is 6.92 Å². The summed E-state index contributed by atoms with van der Waals surface area (Å²) in [5.41, 5.74) is -0.223. The highest BCUT2D eigenvalue weighted by Gasteiger charge is 2.32. The van der Waals surface area contributed by atoms with Crippen LogP contribution < -0.4 is 0 Å². The van der Waals surface area contributed by atoms with E-state index in [1.807, 2.05) is 13.8 Å². The number of carbonyl (C=O) groups is 1. The molecule has 1 heterocycles. The van der Waals surface area contributed by atoms with Gasteiger partial charge in [0, 0.05) is 13.1 Å². The lowest BCUT2D eigenvalue weighted by molar-refractivity contribution is 0.0686. The molecule has 8 heteroatoms. The molecular formula is C11H19N3O4S. The standard InChI is InChI=1S/C11H19N3O4S/c1-5-14(6-7(2)3)19(17,18)10-8(4)12-13-9(10)11(15)16/h7H,5-6H2,1-4H3,(H,12,13)(H,15,16). The van der Waals surface area contributed by atoms with Crippen molar-refractivity contribution in [1.82, 2.24) is 14.5 Å². The van der Waals surface area contributed by atoms with Crippen molar-refractivity contribution in [3.05, 3.63) is 11.4 Å². The van der Waals surface area contributed by atoms with Gasteiger partial charge in [-0.1, -0.05) is 20.8 Å². The van der Waals surface area contributed by atoms with Crippen LogP contribution in [0.15, 0.2) is 4.90 Å². The molecule has 0 aliphatic heterocycles. The highest BCUT2D eigenvalue weighted by atomic mass is 32.2. The topological polar surface area (TPSA) is 103 Å². The number of rotatable bonds is 6. The van der Waals surface area contributed by atoms with Crippen LogP contribution in [0.1, 0.15) is 37.0 Å². The van der Waals surface area contributed by atoms with E-state index in [0.717, 1.165) is 0 Å². The number of carboxylic acid groups (broad SMARTS) is 1. The molecule has 19 heavy (non-hydrogen) atoms. The van der Waals surface area contributed by atoms with Gasteiger partial charge in [-0.2, -0.15) is 9.40 Å². The molecule has 0 unspecified atom stereocenters. The maximum atomic E-state index is 12.5. The predicted molar refractivity (Wildman–Crippen MR) is 69.6 cm³/mol. The van der Waals surface area contributed by atoms with E-state index in [2.05, 4.69) is 10.2 Å². The summed E-state index contributed by atoms with van der Waals surface area (Å²) in [6.45, 7) is 7.63. The van der Waals surface area contributed by atoms with Gasteiger partial charge in [-0.15, -0.1) is 0 Å². The number of nitrogens with one attached hydrogen (secondary N) is 1. The maximum Gasteiger partial charge on any atom is 0.357 e. The SMILES string of the molecule is CCN(CC(C)C)S(=O)(=O)c1c(C(=O)O)n[nH]c1C. The Morgan fingerprint density at radius 2 is 2.05 bits per heavy atom. The number of carboxylic acids is 1. The molecule has 7 nitrogen and oxygen atoms in total. The summed E-state index contributed by atoms with van der Waals surface area (Å²) in [5, 5.41) is 15.0. The third kappa shape index (κ3) is 3.13. The molecule has 0 fully saturated rings. The minimum atomic E-state index is -3.85. The van der Waals surface area contributed by atoms with E-state index in [-0.39, 0.29) is 23.1 Å². The summed E-state index contributed by atoms with van der Waals surface area (Å²) in [4.78, 5) is 10.8. The highest BCUT2D eigenvalue weighted by Crippen LogP contribution is 2.22. The van der Waals surface area contributed by atoms with E-state index in [1.165, 1.54) is 11.2 Å². The molecule has 0 amide bonds. The molecule has 0 aliphatic rings. The van der Waals surface area contributed by atoms with Crippen molar-refractivity contribution in [2.24, 2.45) is 5.92 Å². The molecule has 108 valence electrons. The summed E-state index contributed by atoms with van der Waals surface area (Å²) in [6.07, 6.45) is 0. The van der Waals surface area contributed by atoms with Crippen LogP contribution in [0.2, 0.25) is 0 Å². The fourth-order valence-electron chi connectivity index (χ4n) is 1.81. The maximum absolute atomic E-state index is 12.5. The lowest BCUT2D eigenvalue weighted by Crippen LogP contribution is -2.35. The third-order valence-corrected chi connectivity index (χ3v) is 4.72. The number of aromatic carboxylic acids is 1. The smallest absolute Gasteiger partial charge is 0.357 e. The average Bonchev–Trinajstić information content (AvgIpc) is 2.68. The zero-order chi connectivity index (χ0) is 14.8. The quantitative estimate of drug-likeness (QED) is 0.815. The van der Waals surface area contributed by atoms with E-state index >= 15 is 0 Å². The Kier molecular flexibility index (Phi) is 4.70. The van der Waals surface area contributed by atoms with Gasteiger partial charge < -0.3 is 5.11 Å².